The van der Waals surface area contributed by atoms with E-state index in [-0.39, 0.29) is 37.4 Å². The molecule has 1 radical (unpaired) electrons. The van der Waals surface area contributed by atoms with E-state index < -0.39 is 0 Å². The summed E-state index contributed by atoms with van der Waals surface area (Å²) < 4.78 is 15.2. The number of rotatable bonds is 6. The van der Waals surface area contributed by atoms with Crippen molar-refractivity contribution in [3.8, 4) is 39.5 Å². The molecule has 0 spiro atoms. The molecule has 0 saturated carbocycles. The van der Waals surface area contributed by atoms with Gasteiger partial charge in [0.1, 0.15) is 11.2 Å². The molecule has 68 heavy (non-hydrogen) atoms. The van der Waals surface area contributed by atoms with Crippen molar-refractivity contribution in [3.05, 3.63) is 199 Å². The van der Waals surface area contributed by atoms with Gasteiger partial charge in [-0.15, -0.1) is 54.1 Å². The number of nitrogens with zero attached hydrogens (tertiary/aromatic N) is 3. The molecule has 0 saturated heterocycles. The van der Waals surface area contributed by atoms with Gasteiger partial charge in [0.2, 0.25) is 0 Å². The number of furan rings is 2. The van der Waals surface area contributed by atoms with E-state index in [1.807, 2.05) is 42.6 Å². The minimum absolute atomic E-state index is 0. The van der Waals surface area contributed by atoms with Gasteiger partial charge in [0.25, 0.3) is 0 Å². The zero-order valence-electron chi connectivity index (χ0n) is 39.3. The van der Waals surface area contributed by atoms with Crippen molar-refractivity contribution in [1.29, 1.82) is 0 Å². The summed E-state index contributed by atoms with van der Waals surface area (Å²) in [4.78, 5) is 9.81. The molecule has 0 N–H and O–H groups in total. The Morgan fingerprint density at radius 2 is 1.34 bits per heavy atom. The minimum atomic E-state index is 0. The second-order valence-corrected chi connectivity index (χ2v) is 19.2. The van der Waals surface area contributed by atoms with Crippen molar-refractivity contribution in [2.75, 3.05) is 0 Å². The van der Waals surface area contributed by atoms with Crippen LogP contribution in [-0.4, -0.2) is 14.5 Å². The van der Waals surface area contributed by atoms with Crippen molar-refractivity contribution >= 4 is 65.5 Å². The fraction of sp³-hybridized carbons (Fsp3) is 0.161. The van der Waals surface area contributed by atoms with Crippen LogP contribution in [0.4, 0.5) is 0 Å². The summed E-state index contributed by atoms with van der Waals surface area (Å²) in [5.41, 5.74) is 14.8. The first-order valence-electron chi connectivity index (χ1n) is 23.3. The molecule has 0 aliphatic carbocycles. The summed E-state index contributed by atoms with van der Waals surface area (Å²) in [6.45, 7) is 15.8. The maximum Gasteiger partial charge on any atom is 0.136 e. The first kappa shape index (κ1) is 44.7. The summed E-state index contributed by atoms with van der Waals surface area (Å²) in [5, 5.41) is 7.97. The van der Waals surface area contributed by atoms with E-state index >= 15 is 0 Å². The Bertz CT molecular complexity index is 3770. The molecule has 0 atom stereocenters. The van der Waals surface area contributed by atoms with Crippen LogP contribution in [0.1, 0.15) is 77.0 Å². The number of pyridine rings is 1. The van der Waals surface area contributed by atoms with Crippen LogP contribution in [0.25, 0.3) is 105 Å². The zero-order chi connectivity index (χ0) is 46.0. The Morgan fingerprint density at radius 1 is 0.588 bits per heavy atom. The molecule has 4 heterocycles. The quantitative estimate of drug-likeness (QED) is 0.123. The van der Waals surface area contributed by atoms with Crippen LogP contribution in [-0.2, 0) is 25.5 Å². The number of aromatic nitrogens is 3. The maximum absolute atomic E-state index is 6.88. The molecule has 0 amide bonds. The van der Waals surface area contributed by atoms with Crippen LogP contribution < -0.4 is 0 Å². The number of hydrogen-bond donors (Lipinski definition) is 0. The summed E-state index contributed by atoms with van der Waals surface area (Å²) >= 11 is 0. The van der Waals surface area contributed by atoms with Gasteiger partial charge < -0.3 is 18.4 Å². The molecule has 0 unspecified atom stereocenters. The topological polar surface area (TPSA) is 57.0 Å². The first-order chi connectivity index (χ1) is 32.5. The Kier molecular flexibility index (Phi) is 11.7. The predicted molar refractivity (Wildman–Crippen MR) is 278 cm³/mol. The molecule has 8 aromatic carbocycles. The second-order valence-electron chi connectivity index (χ2n) is 19.2. The SMILES string of the molecule is CC(C)(C)c1ccnc(-c2[c-]cccc2)c1.CC(C)c1cc(-c2ccccc2)cc(C(C)C)c1-n1c(-c2[c-]ccc3c2oc2cc4c(ccc5ccccc54)cc23)nc2ccc3occc3c21.[Ir]. The average Bonchev–Trinajstić information content (AvgIpc) is 4.09. The molecule has 337 valence electrons. The van der Waals surface area contributed by atoms with E-state index in [1.165, 1.54) is 49.4 Å². The number of imidazole rings is 1. The van der Waals surface area contributed by atoms with Crippen LogP contribution in [0.2, 0.25) is 0 Å². The molecule has 4 aromatic heterocycles. The normalized spacial score (nSPS) is 11.9. The molecule has 12 aromatic rings. The average molecular weight is 1060 g/mol. The van der Waals surface area contributed by atoms with Crippen molar-refractivity contribution < 1.29 is 28.9 Å². The fourth-order valence-corrected chi connectivity index (χ4v) is 9.62. The molecule has 0 aliphatic rings. The Morgan fingerprint density at radius 3 is 2.09 bits per heavy atom. The van der Waals surface area contributed by atoms with Crippen LogP contribution in [0, 0.1) is 12.1 Å². The van der Waals surface area contributed by atoms with E-state index in [0.717, 1.165) is 72.3 Å². The molecular weight excluding hydrogens is 1010 g/mol. The van der Waals surface area contributed by atoms with E-state index in [9.17, 15) is 0 Å². The molecule has 6 heteroatoms. The van der Waals surface area contributed by atoms with E-state index in [4.69, 9.17) is 13.8 Å². The van der Waals surface area contributed by atoms with Gasteiger partial charge in [-0.2, -0.15) is 0 Å². The largest absolute Gasteiger partial charge is 0.501 e. The molecule has 0 aliphatic heterocycles. The molecule has 0 fully saturated rings. The Labute approximate surface area is 410 Å². The maximum atomic E-state index is 6.88. The molecule has 12 rings (SSSR count). The van der Waals surface area contributed by atoms with Crippen molar-refractivity contribution in [2.45, 2.75) is 65.7 Å². The zero-order valence-corrected chi connectivity index (χ0v) is 41.7. The van der Waals surface area contributed by atoms with Gasteiger partial charge in [-0.25, -0.2) is 0 Å². The van der Waals surface area contributed by atoms with Gasteiger partial charge >= 0.3 is 0 Å². The minimum Gasteiger partial charge on any atom is -0.501 e. The standard InChI is InChI=1S/C47H35N2O2.C15H16N.Ir/c1-27(2)37-24-32(29-11-6-5-7-12-29)25-38(28(3)4)44(37)49-45-35-21-22-50-42(35)20-19-41(45)48-47(49)36-16-10-15-34-40-23-31-18-17-30-13-8-9-14-33(30)39(31)26-43(40)51-46(34)36;1-15(2,3)13-9-10-16-14(11-13)12-7-5-4-6-8-12;/h5-15,17-28H,1-4H3;4-7,9-11H,1-3H3;/q2*-1;. The molecule has 0 bridgehead atoms. The first-order valence-corrected chi connectivity index (χ1v) is 23.3. The van der Waals surface area contributed by atoms with Gasteiger partial charge in [0, 0.05) is 42.8 Å². The number of benzene rings is 8. The third-order valence-corrected chi connectivity index (χ3v) is 13.1. The smallest absolute Gasteiger partial charge is 0.136 e. The van der Waals surface area contributed by atoms with Crippen LogP contribution in [0.5, 0.6) is 0 Å². The number of hydrogen-bond acceptors (Lipinski definition) is 4. The van der Waals surface area contributed by atoms with Crippen molar-refractivity contribution in [3.63, 3.8) is 0 Å². The van der Waals surface area contributed by atoms with Crippen molar-refractivity contribution in [2.24, 2.45) is 0 Å². The summed E-state index contributed by atoms with van der Waals surface area (Å²) in [6, 6.07) is 62.1. The van der Waals surface area contributed by atoms with E-state index in [2.05, 4.69) is 191 Å². The summed E-state index contributed by atoms with van der Waals surface area (Å²) in [5.74, 6) is 1.28. The third-order valence-electron chi connectivity index (χ3n) is 13.1. The third kappa shape index (κ3) is 7.92. The fourth-order valence-electron chi connectivity index (χ4n) is 9.62. The van der Waals surface area contributed by atoms with Gasteiger partial charge in [-0.05, 0) is 121 Å². The van der Waals surface area contributed by atoms with Gasteiger partial charge in [0.15, 0.2) is 0 Å². The van der Waals surface area contributed by atoms with E-state index in [0.29, 0.717) is 0 Å². The van der Waals surface area contributed by atoms with Crippen LogP contribution in [0.3, 0.4) is 0 Å². The summed E-state index contributed by atoms with van der Waals surface area (Å²) in [6.07, 6.45) is 3.64. The Hall–Kier alpha value is -7.11. The van der Waals surface area contributed by atoms with Gasteiger partial charge in [0.05, 0.1) is 28.7 Å². The molecule has 5 nitrogen and oxygen atoms in total. The monoisotopic (exact) mass is 1060 g/mol. The van der Waals surface area contributed by atoms with Crippen molar-refractivity contribution in [1.82, 2.24) is 14.5 Å². The molecular formula is C62H51IrN3O2-2. The van der Waals surface area contributed by atoms with E-state index in [1.54, 1.807) is 6.26 Å². The van der Waals surface area contributed by atoms with Crippen LogP contribution in [0.15, 0.2) is 179 Å². The summed E-state index contributed by atoms with van der Waals surface area (Å²) in [7, 11) is 0. The van der Waals surface area contributed by atoms with Crippen LogP contribution >= 0.6 is 0 Å². The number of fused-ring (bicyclic) bond motifs is 9. The van der Waals surface area contributed by atoms with Gasteiger partial charge in [-0.1, -0.05) is 132 Å². The predicted octanol–water partition coefficient (Wildman–Crippen LogP) is 17.2. The Balaban J connectivity index is 0.000000270. The van der Waals surface area contributed by atoms with Gasteiger partial charge in [-0.3, -0.25) is 4.98 Å². The second kappa shape index (κ2) is 17.8.